The monoisotopic (exact) mass is 274 g/mol. The van der Waals surface area contributed by atoms with Crippen molar-refractivity contribution in [2.75, 3.05) is 31.7 Å². The van der Waals surface area contributed by atoms with Crippen LogP contribution in [0, 0.1) is 5.82 Å². The van der Waals surface area contributed by atoms with E-state index in [2.05, 4.69) is 4.98 Å². The van der Waals surface area contributed by atoms with Crippen LogP contribution < -0.4 is 4.90 Å². The number of hydrogen-bond donors (Lipinski definition) is 1. The van der Waals surface area contributed by atoms with Gasteiger partial charge in [-0.1, -0.05) is 11.6 Å². The minimum Gasteiger partial charge on any atom is -0.388 e. The predicted octanol–water partition coefficient (Wildman–Crippen LogP) is 1.85. The van der Waals surface area contributed by atoms with Gasteiger partial charge in [-0.2, -0.15) is 0 Å². The molecule has 1 aliphatic heterocycles. The molecule has 0 atom stereocenters. The van der Waals surface area contributed by atoms with Gasteiger partial charge < -0.3 is 14.7 Å². The summed E-state index contributed by atoms with van der Waals surface area (Å²) in [5.74, 6) is -0.292. The molecule has 0 spiro atoms. The molecule has 0 radical (unpaired) electrons. The Kier molecular flexibility index (Phi) is 4.04. The molecule has 0 saturated carbocycles. The molecule has 0 aliphatic carbocycles. The summed E-state index contributed by atoms with van der Waals surface area (Å²) >= 11 is 5.65. The van der Waals surface area contributed by atoms with E-state index in [9.17, 15) is 9.50 Å². The van der Waals surface area contributed by atoms with Crippen LogP contribution in [0.15, 0.2) is 12.3 Å². The molecule has 0 bridgehead atoms. The number of halogens is 2. The molecule has 100 valence electrons. The number of aromatic nitrogens is 1. The third-order valence-electron chi connectivity index (χ3n) is 3.10. The first kappa shape index (κ1) is 13.5. The van der Waals surface area contributed by atoms with Gasteiger partial charge in [-0.25, -0.2) is 9.37 Å². The average molecular weight is 275 g/mol. The van der Waals surface area contributed by atoms with E-state index < -0.39 is 11.4 Å². The minimum absolute atomic E-state index is 0.194. The second-order valence-corrected chi connectivity index (χ2v) is 5.09. The molecule has 2 heterocycles. The molecular formula is C12H16ClFN2O2. The maximum absolute atomic E-state index is 13.7. The van der Waals surface area contributed by atoms with E-state index in [1.54, 1.807) is 11.9 Å². The summed E-state index contributed by atoms with van der Waals surface area (Å²) in [5.41, 5.74) is -0.846. The highest BCUT2D eigenvalue weighted by atomic mass is 35.5. The number of pyridine rings is 1. The van der Waals surface area contributed by atoms with Crippen molar-refractivity contribution in [3.8, 4) is 0 Å². The summed E-state index contributed by atoms with van der Waals surface area (Å²) in [4.78, 5) is 5.56. The summed E-state index contributed by atoms with van der Waals surface area (Å²) in [5, 5.41) is 10.6. The van der Waals surface area contributed by atoms with Gasteiger partial charge in [0.25, 0.3) is 0 Å². The Morgan fingerprint density at radius 2 is 2.22 bits per heavy atom. The molecular weight excluding hydrogens is 259 g/mol. The summed E-state index contributed by atoms with van der Waals surface area (Å²) in [7, 11) is 1.70. The van der Waals surface area contributed by atoms with Gasteiger partial charge in [-0.3, -0.25) is 0 Å². The van der Waals surface area contributed by atoms with Crippen molar-refractivity contribution in [1.82, 2.24) is 4.98 Å². The summed E-state index contributed by atoms with van der Waals surface area (Å²) < 4.78 is 18.9. The first-order valence-corrected chi connectivity index (χ1v) is 6.20. The molecule has 1 N–H and O–H groups in total. The molecule has 0 aromatic carbocycles. The third kappa shape index (κ3) is 3.10. The molecule has 1 aromatic heterocycles. The van der Waals surface area contributed by atoms with Gasteiger partial charge in [0.05, 0.1) is 10.6 Å². The Morgan fingerprint density at radius 1 is 1.56 bits per heavy atom. The Labute approximate surface area is 110 Å². The summed E-state index contributed by atoms with van der Waals surface area (Å²) in [6, 6.07) is 1.22. The van der Waals surface area contributed by atoms with E-state index in [4.69, 9.17) is 16.3 Å². The lowest BCUT2D eigenvalue weighted by Crippen LogP contribution is -2.46. The summed E-state index contributed by atoms with van der Waals surface area (Å²) in [6.07, 6.45) is 2.49. The van der Waals surface area contributed by atoms with E-state index in [0.717, 1.165) is 0 Å². The van der Waals surface area contributed by atoms with Crippen molar-refractivity contribution < 1.29 is 14.2 Å². The van der Waals surface area contributed by atoms with Gasteiger partial charge >= 0.3 is 0 Å². The quantitative estimate of drug-likeness (QED) is 0.914. The number of aliphatic hydroxyl groups is 1. The highest BCUT2D eigenvalue weighted by Gasteiger charge is 2.32. The maximum atomic E-state index is 13.7. The fraction of sp³-hybridized carbons (Fsp3) is 0.583. The molecule has 4 nitrogen and oxygen atoms in total. The molecule has 1 saturated heterocycles. The van der Waals surface area contributed by atoms with E-state index in [-0.39, 0.29) is 10.8 Å². The molecule has 18 heavy (non-hydrogen) atoms. The van der Waals surface area contributed by atoms with Crippen LogP contribution in [0.1, 0.15) is 12.8 Å². The van der Waals surface area contributed by atoms with Gasteiger partial charge in [0.1, 0.15) is 0 Å². The first-order chi connectivity index (χ1) is 8.50. The number of rotatable bonds is 3. The van der Waals surface area contributed by atoms with Crippen LogP contribution in [0.25, 0.3) is 0 Å². The smallest absolute Gasteiger partial charge is 0.167 e. The zero-order valence-electron chi connectivity index (χ0n) is 10.2. The lowest BCUT2D eigenvalue weighted by Gasteiger charge is -2.35. The first-order valence-electron chi connectivity index (χ1n) is 5.82. The van der Waals surface area contributed by atoms with E-state index in [1.165, 1.54) is 12.3 Å². The molecule has 1 fully saturated rings. The van der Waals surface area contributed by atoms with Crippen LogP contribution >= 0.6 is 11.6 Å². The van der Waals surface area contributed by atoms with Crippen LogP contribution in [0.4, 0.5) is 10.2 Å². The van der Waals surface area contributed by atoms with Gasteiger partial charge in [-0.05, 0) is 6.07 Å². The molecule has 0 unspecified atom stereocenters. The largest absolute Gasteiger partial charge is 0.388 e. The Morgan fingerprint density at radius 3 is 2.83 bits per heavy atom. The van der Waals surface area contributed by atoms with Gasteiger partial charge in [0.15, 0.2) is 11.6 Å². The lowest BCUT2D eigenvalue weighted by molar-refractivity contribution is -0.0573. The Balaban J connectivity index is 2.08. The molecule has 1 aromatic rings. The zero-order chi connectivity index (χ0) is 13.2. The predicted molar refractivity (Wildman–Crippen MR) is 67.5 cm³/mol. The van der Waals surface area contributed by atoms with Crippen molar-refractivity contribution in [3.63, 3.8) is 0 Å². The van der Waals surface area contributed by atoms with E-state index >= 15 is 0 Å². The normalized spacial score (nSPS) is 18.7. The highest BCUT2D eigenvalue weighted by Crippen LogP contribution is 2.25. The molecule has 1 aliphatic rings. The molecule has 0 amide bonds. The number of hydrogen-bond acceptors (Lipinski definition) is 4. The van der Waals surface area contributed by atoms with Gasteiger partial charge in [0.2, 0.25) is 0 Å². The second kappa shape index (κ2) is 5.38. The second-order valence-electron chi connectivity index (χ2n) is 4.65. The maximum Gasteiger partial charge on any atom is 0.167 e. The van der Waals surface area contributed by atoms with Crippen LogP contribution in [0.3, 0.4) is 0 Å². The summed E-state index contributed by atoms with van der Waals surface area (Å²) in [6.45, 7) is 1.38. The molecule has 6 heteroatoms. The highest BCUT2D eigenvalue weighted by molar-refractivity contribution is 6.30. The van der Waals surface area contributed by atoms with Crippen molar-refractivity contribution in [2.45, 2.75) is 18.4 Å². The van der Waals surface area contributed by atoms with Crippen molar-refractivity contribution >= 4 is 17.4 Å². The minimum atomic E-state index is -0.846. The average Bonchev–Trinajstić information content (AvgIpc) is 2.28. The van der Waals surface area contributed by atoms with Crippen molar-refractivity contribution in [2.24, 2.45) is 0 Å². The number of likely N-dealkylation sites (N-methyl/N-ethyl adjacent to an activating group) is 1. The van der Waals surface area contributed by atoms with Crippen LogP contribution in [0.2, 0.25) is 5.02 Å². The van der Waals surface area contributed by atoms with Crippen LogP contribution in [-0.4, -0.2) is 42.5 Å². The van der Waals surface area contributed by atoms with Crippen molar-refractivity contribution in [1.29, 1.82) is 0 Å². The fourth-order valence-electron chi connectivity index (χ4n) is 2.11. The molecule has 2 rings (SSSR count). The van der Waals surface area contributed by atoms with Crippen molar-refractivity contribution in [3.05, 3.63) is 23.1 Å². The Bertz CT molecular complexity index is 425. The van der Waals surface area contributed by atoms with Gasteiger partial charge in [0, 0.05) is 45.8 Å². The topological polar surface area (TPSA) is 45.6 Å². The Hall–Kier alpha value is -0.910. The SMILES string of the molecule is CN(CC1(O)CCOCC1)c1ncc(Cl)cc1F. The van der Waals surface area contributed by atoms with Gasteiger partial charge in [-0.15, -0.1) is 0 Å². The lowest BCUT2D eigenvalue weighted by atomic mass is 9.94. The number of nitrogens with zero attached hydrogens (tertiary/aromatic N) is 2. The standard InChI is InChI=1S/C12H16ClFN2O2/c1-16(8-12(17)2-4-18-5-3-12)11-10(14)6-9(13)7-15-11/h6-7,17H,2-5,8H2,1H3. The number of anilines is 1. The third-order valence-corrected chi connectivity index (χ3v) is 3.31. The van der Waals surface area contributed by atoms with Crippen LogP contribution in [-0.2, 0) is 4.74 Å². The fourth-order valence-corrected chi connectivity index (χ4v) is 2.26. The number of ether oxygens (including phenoxy) is 1. The van der Waals surface area contributed by atoms with E-state index in [0.29, 0.717) is 32.6 Å². The zero-order valence-corrected chi connectivity index (χ0v) is 11.0. The van der Waals surface area contributed by atoms with E-state index in [1.807, 2.05) is 0 Å². The van der Waals surface area contributed by atoms with Crippen LogP contribution in [0.5, 0.6) is 0 Å².